The topological polar surface area (TPSA) is 55.2 Å². The minimum atomic E-state index is -0.416. The lowest BCUT2D eigenvalue weighted by atomic mass is 10.1. The summed E-state index contributed by atoms with van der Waals surface area (Å²) in [7, 11) is 0. The molecule has 1 unspecified atom stereocenters. The van der Waals surface area contributed by atoms with E-state index in [-0.39, 0.29) is 17.3 Å². The number of nitrogens with zero attached hydrogens (tertiary/aromatic N) is 3. The van der Waals surface area contributed by atoms with Gasteiger partial charge in [0.25, 0.3) is 5.56 Å². The van der Waals surface area contributed by atoms with Crippen molar-refractivity contribution in [3.8, 4) is 5.69 Å². The fourth-order valence-electron chi connectivity index (χ4n) is 3.81. The second kappa shape index (κ2) is 10.5. The Hall–Kier alpha value is -3.02. The van der Waals surface area contributed by atoms with Gasteiger partial charge in [-0.25, -0.2) is 9.37 Å². The second-order valence-corrected chi connectivity index (χ2v) is 8.65. The Balaban J connectivity index is 2.17. The standard InChI is InChI=1S/C26H32FN3O2/c1-5-6-11-24(31)29(17-16-18(2)3)19(4)25-28-23-10-8-7-9-22(23)26(32)30(25)21-14-12-20(27)13-15-21/h7-10,12-15,18-19H,5-6,11,16-17H2,1-4H3. The zero-order valence-corrected chi connectivity index (χ0v) is 19.3. The molecule has 1 atom stereocenters. The van der Waals surface area contributed by atoms with Gasteiger partial charge in [0, 0.05) is 13.0 Å². The predicted octanol–water partition coefficient (Wildman–Crippen LogP) is 5.65. The maximum atomic E-state index is 13.6. The number of hydrogen-bond donors (Lipinski definition) is 0. The van der Waals surface area contributed by atoms with Gasteiger partial charge in [-0.05, 0) is 62.1 Å². The molecule has 0 fully saturated rings. The fraction of sp³-hybridized carbons (Fsp3) is 0.423. The van der Waals surface area contributed by atoms with Crippen molar-refractivity contribution in [2.45, 2.75) is 59.4 Å². The fourth-order valence-corrected chi connectivity index (χ4v) is 3.81. The first kappa shape index (κ1) is 23.6. The zero-order chi connectivity index (χ0) is 23.3. The Morgan fingerprint density at radius 2 is 1.78 bits per heavy atom. The normalized spacial score (nSPS) is 12.3. The molecule has 32 heavy (non-hydrogen) atoms. The lowest BCUT2D eigenvalue weighted by Crippen LogP contribution is -2.38. The van der Waals surface area contributed by atoms with Crippen LogP contribution in [0.4, 0.5) is 4.39 Å². The first-order valence-corrected chi connectivity index (χ1v) is 11.4. The van der Waals surface area contributed by atoms with E-state index in [1.807, 2.05) is 17.9 Å². The molecule has 0 aliphatic rings. The minimum absolute atomic E-state index is 0.0630. The van der Waals surface area contributed by atoms with Gasteiger partial charge in [-0.2, -0.15) is 0 Å². The van der Waals surface area contributed by atoms with Crippen molar-refractivity contribution in [3.63, 3.8) is 0 Å². The summed E-state index contributed by atoms with van der Waals surface area (Å²) in [4.78, 5) is 33.3. The summed E-state index contributed by atoms with van der Waals surface area (Å²) in [5, 5.41) is 0.485. The molecular weight excluding hydrogens is 405 g/mol. The molecule has 0 N–H and O–H groups in total. The van der Waals surface area contributed by atoms with Gasteiger partial charge in [-0.15, -0.1) is 0 Å². The summed E-state index contributed by atoms with van der Waals surface area (Å²) in [5.74, 6) is 0.605. The number of fused-ring (bicyclic) bond motifs is 1. The van der Waals surface area contributed by atoms with Gasteiger partial charge in [0.15, 0.2) is 0 Å². The maximum absolute atomic E-state index is 13.6. The number of rotatable bonds is 9. The number of para-hydroxylation sites is 1. The highest BCUT2D eigenvalue weighted by atomic mass is 19.1. The Kier molecular flexibility index (Phi) is 7.78. The molecule has 0 spiro atoms. The average molecular weight is 438 g/mol. The maximum Gasteiger partial charge on any atom is 0.266 e. The quantitative estimate of drug-likeness (QED) is 0.435. The number of unbranched alkanes of at least 4 members (excludes halogenated alkanes) is 1. The van der Waals surface area contributed by atoms with Crippen LogP contribution >= 0.6 is 0 Å². The van der Waals surface area contributed by atoms with Gasteiger partial charge < -0.3 is 4.90 Å². The van der Waals surface area contributed by atoms with Crippen molar-refractivity contribution >= 4 is 16.8 Å². The van der Waals surface area contributed by atoms with Crippen LogP contribution in [0.25, 0.3) is 16.6 Å². The zero-order valence-electron chi connectivity index (χ0n) is 19.3. The number of carbonyl (C=O) groups is 1. The molecule has 6 heteroatoms. The summed E-state index contributed by atoms with van der Waals surface area (Å²) in [6.45, 7) is 8.82. The Bertz CT molecular complexity index is 1120. The van der Waals surface area contributed by atoms with E-state index in [2.05, 4.69) is 20.8 Å². The molecule has 1 aromatic heterocycles. The third-order valence-electron chi connectivity index (χ3n) is 5.74. The molecule has 2 aromatic carbocycles. The van der Waals surface area contributed by atoms with Crippen LogP contribution in [0.3, 0.4) is 0 Å². The molecule has 1 heterocycles. The number of carbonyl (C=O) groups excluding carboxylic acids is 1. The summed E-state index contributed by atoms with van der Waals surface area (Å²) in [5.41, 5.74) is 0.887. The molecule has 3 aromatic rings. The Morgan fingerprint density at radius 1 is 1.09 bits per heavy atom. The van der Waals surface area contributed by atoms with Crippen LogP contribution < -0.4 is 5.56 Å². The van der Waals surface area contributed by atoms with Crippen molar-refractivity contribution < 1.29 is 9.18 Å². The van der Waals surface area contributed by atoms with Gasteiger partial charge >= 0.3 is 0 Å². The van der Waals surface area contributed by atoms with Crippen molar-refractivity contribution in [1.29, 1.82) is 0 Å². The van der Waals surface area contributed by atoms with Crippen molar-refractivity contribution in [1.82, 2.24) is 14.5 Å². The molecule has 0 bridgehead atoms. The van der Waals surface area contributed by atoms with E-state index in [0.717, 1.165) is 19.3 Å². The smallest absolute Gasteiger partial charge is 0.266 e. The first-order chi connectivity index (χ1) is 15.3. The van der Waals surface area contributed by atoms with Crippen LogP contribution in [-0.2, 0) is 4.79 Å². The van der Waals surface area contributed by atoms with Gasteiger partial charge in [0.2, 0.25) is 5.91 Å². The van der Waals surface area contributed by atoms with E-state index in [0.29, 0.717) is 41.3 Å². The highest BCUT2D eigenvalue weighted by Gasteiger charge is 2.26. The second-order valence-electron chi connectivity index (χ2n) is 8.65. The molecule has 0 aliphatic heterocycles. The number of benzene rings is 2. The SMILES string of the molecule is CCCCC(=O)N(CCC(C)C)C(C)c1nc2ccccc2c(=O)n1-c1ccc(F)cc1. The molecule has 1 amide bonds. The van der Waals surface area contributed by atoms with E-state index in [4.69, 9.17) is 4.98 Å². The Labute approximate surface area is 188 Å². The molecule has 0 saturated heterocycles. The number of hydrogen-bond acceptors (Lipinski definition) is 3. The van der Waals surface area contributed by atoms with E-state index in [9.17, 15) is 14.0 Å². The lowest BCUT2D eigenvalue weighted by Gasteiger charge is -2.31. The van der Waals surface area contributed by atoms with Crippen molar-refractivity contribution in [2.75, 3.05) is 6.54 Å². The molecule has 0 aliphatic carbocycles. The summed E-state index contributed by atoms with van der Waals surface area (Å²) >= 11 is 0. The third-order valence-corrected chi connectivity index (χ3v) is 5.74. The van der Waals surface area contributed by atoms with Crippen molar-refractivity contribution in [2.24, 2.45) is 5.92 Å². The average Bonchev–Trinajstić information content (AvgIpc) is 2.78. The monoisotopic (exact) mass is 437 g/mol. The van der Waals surface area contributed by atoms with Crippen LogP contribution in [0.5, 0.6) is 0 Å². The van der Waals surface area contributed by atoms with Gasteiger partial charge in [-0.3, -0.25) is 14.2 Å². The van der Waals surface area contributed by atoms with Crippen LogP contribution in [0, 0.1) is 11.7 Å². The van der Waals surface area contributed by atoms with Gasteiger partial charge in [0.1, 0.15) is 11.6 Å². The summed E-state index contributed by atoms with van der Waals surface area (Å²) in [6.07, 6.45) is 3.08. The molecule has 3 rings (SSSR count). The van der Waals surface area contributed by atoms with Crippen LogP contribution in [-0.4, -0.2) is 26.9 Å². The van der Waals surface area contributed by atoms with Crippen LogP contribution in [0.15, 0.2) is 53.3 Å². The minimum Gasteiger partial charge on any atom is -0.333 e. The summed E-state index contributed by atoms with van der Waals surface area (Å²) < 4.78 is 15.1. The molecule has 5 nitrogen and oxygen atoms in total. The number of halogens is 1. The molecule has 170 valence electrons. The van der Waals surface area contributed by atoms with Crippen LogP contribution in [0.2, 0.25) is 0 Å². The predicted molar refractivity (Wildman–Crippen MR) is 126 cm³/mol. The molecule has 0 saturated carbocycles. The van der Waals surface area contributed by atoms with E-state index in [1.165, 1.54) is 16.7 Å². The van der Waals surface area contributed by atoms with Crippen LogP contribution in [0.1, 0.15) is 65.2 Å². The van der Waals surface area contributed by atoms with Gasteiger partial charge in [-0.1, -0.05) is 39.3 Å². The highest BCUT2D eigenvalue weighted by Crippen LogP contribution is 2.25. The molecule has 0 radical (unpaired) electrons. The van der Waals surface area contributed by atoms with E-state index >= 15 is 0 Å². The molecular formula is C26H32FN3O2. The third kappa shape index (κ3) is 5.23. The summed E-state index contributed by atoms with van der Waals surface area (Å²) in [6, 6.07) is 12.6. The lowest BCUT2D eigenvalue weighted by molar-refractivity contribution is -0.133. The van der Waals surface area contributed by atoms with E-state index in [1.54, 1.807) is 30.3 Å². The number of amides is 1. The number of aromatic nitrogens is 2. The largest absolute Gasteiger partial charge is 0.333 e. The highest BCUT2D eigenvalue weighted by molar-refractivity contribution is 5.79. The van der Waals surface area contributed by atoms with Crippen molar-refractivity contribution in [3.05, 3.63) is 70.5 Å². The first-order valence-electron chi connectivity index (χ1n) is 11.4. The van der Waals surface area contributed by atoms with E-state index < -0.39 is 6.04 Å². The Morgan fingerprint density at radius 3 is 2.44 bits per heavy atom. The van der Waals surface area contributed by atoms with Gasteiger partial charge in [0.05, 0.1) is 22.6 Å².